The number of hydrogen-bond acceptors (Lipinski definition) is 2. The molecule has 0 amide bonds. The van der Waals surface area contributed by atoms with Gasteiger partial charge in [0.15, 0.2) is 0 Å². The summed E-state index contributed by atoms with van der Waals surface area (Å²) in [5.41, 5.74) is 1.27. The lowest BCUT2D eigenvalue weighted by Gasteiger charge is -2.45. The number of halogens is 1. The molecule has 1 aromatic rings. The molecule has 112 valence electrons. The van der Waals surface area contributed by atoms with Crippen molar-refractivity contribution >= 4 is 0 Å². The van der Waals surface area contributed by atoms with Gasteiger partial charge in [-0.15, -0.1) is 0 Å². The van der Waals surface area contributed by atoms with E-state index in [9.17, 15) is 4.39 Å². The third-order valence-electron chi connectivity index (χ3n) is 4.69. The summed E-state index contributed by atoms with van der Waals surface area (Å²) in [5, 5.41) is 3.53. The van der Waals surface area contributed by atoms with Crippen LogP contribution in [0.4, 0.5) is 4.39 Å². The van der Waals surface area contributed by atoms with Crippen molar-refractivity contribution in [2.24, 2.45) is 5.92 Å². The molecule has 0 spiro atoms. The Morgan fingerprint density at radius 3 is 2.85 bits per heavy atom. The summed E-state index contributed by atoms with van der Waals surface area (Å²) in [5.74, 6) is 0.639. The van der Waals surface area contributed by atoms with Crippen LogP contribution in [-0.2, 0) is 6.54 Å². The first-order chi connectivity index (χ1) is 9.52. The number of likely N-dealkylation sites (N-methyl/N-ethyl adjacent to an activating group) is 1. The first-order valence-electron chi connectivity index (χ1n) is 7.64. The van der Waals surface area contributed by atoms with Crippen molar-refractivity contribution in [2.75, 3.05) is 20.6 Å². The fraction of sp³-hybridized carbons (Fsp3) is 0.647. The van der Waals surface area contributed by atoms with Gasteiger partial charge in [0.1, 0.15) is 5.82 Å². The number of rotatable bonds is 5. The Morgan fingerprint density at radius 1 is 1.40 bits per heavy atom. The first-order valence-corrected chi connectivity index (χ1v) is 7.64. The second-order valence-electron chi connectivity index (χ2n) is 6.55. The summed E-state index contributed by atoms with van der Waals surface area (Å²) < 4.78 is 13.2. The molecule has 1 aliphatic carbocycles. The molecule has 1 saturated carbocycles. The fourth-order valence-corrected chi connectivity index (χ4v) is 3.44. The molecule has 1 aromatic carbocycles. The molecule has 2 nitrogen and oxygen atoms in total. The van der Waals surface area contributed by atoms with Crippen LogP contribution in [0, 0.1) is 11.7 Å². The van der Waals surface area contributed by atoms with Gasteiger partial charge in [-0.2, -0.15) is 0 Å². The first kappa shape index (κ1) is 15.5. The molecular weight excluding hydrogens is 251 g/mol. The highest BCUT2D eigenvalue weighted by atomic mass is 19.1. The van der Waals surface area contributed by atoms with Crippen molar-refractivity contribution in [1.82, 2.24) is 10.2 Å². The molecule has 0 bridgehead atoms. The monoisotopic (exact) mass is 278 g/mol. The van der Waals surface area contributed by atoms with Crippen molar-refractivity contribution < 1.29 is 4.39 Å². The largest absolute Gasteiger partial charge is 0.311 e. The number of hydrogen-bond donors (Lipinski definition) is 1. The summed E-state index contributed by atoms with van der Waals surface area (Å²) in [6, 6.07) is 6.85. The van der Waals surface area contributed by atoms with E-state index in [-0.39, 0.29) is 11.4 Å². The minimum absolute atomic E-state index is 0.155. The highest BCUT2D eigenvalue weighted by Crippen LogP contribution is 2.35. The van der Waals surface area contributed by atoms with Crippen LogP contribution in [-0.4, -0.2) is 31.1 Å². The van der Waals surface area contributed by atoms with Crippen LogP contribution in [0.15, 0.2) is 24.3 Å². The topological polar surface area (TPSA) is 15.3 Å². The van der Waals surface area contributed by atoms with Crippen molar-refractivity contribution in [3.8, 4) is 0 Å². The molecule has 0 radical (unpaired) electrons. The second-order valence-corrected chi connectivity index (χ2v) is 6.55. The lowest BCUT2D eigenvalue weighted by molar-refractivity contribution is 0.0749. The van der Waals surface area contributed by atoms with Gasteiger partial charge in [-0.25, -0.2) is 4.39 Å². The van der Waals surface area contributed by atoms with Crippen LogP contribution < -0.4 is 5.32 Å². The smallest absolute Gasteiger partial charge is 0.123 e. The van der Waals surface area contributed by atoms with Gasteiger partial charge in [-0.3, -0.25) is 0 Å². The minimum Gasteiger partial charge on any atom is -0.311 e. The molecule has 1 N–H and O–H groups in total. The molecule has 0 saturated heterocycles. The van der Waals surface area contributed by atoms with Crippen LogP contribution in [0.1, 0.15) is 38.2 Å². The Kier molecular flexibility index (Phi) is 5.17. The van der Waals surface area contributed by atoms with E-state index in [4.69, 9.17) is 0 Å². The van der Waals surface area contributed by atoms with E-state index < -0.39 is 0 Å². The van der Waals surface area contributed by atoms with Crippen molar-refractivity contribution in [3.63, 3.8) is 0 Å². The van der Waals surface area contributed by atoms with Gasteiger partial charge in [0.25, 0.3) is 0 Å². The van der Waals surface area contributed by atoms with Crippen LogP contribution in [0.3, 0.4) is 0 Å². The van der Waals surface area contributed by atoms with Gasteiger partial charge in [0.2, 0.25) is 0 Å². The third kappa shape index (κ3) is 3.80. The maximum Gasteiger partial charge on any atom is 0.123 e. The zero-order chi connectivity index (χ0) is 14.6. The number of nitrogens with zero attached hydrogens (tertiary/aromatic N) is 1. The van der Waals surface area contributed by atoms with Crippen LogP contribution >= 0.6 is 0 Å². The molecule has 20 heavy (non-hydrogen) atoms. The molecule has 1 fully saturated rings. The maximum atomic E-state index is 13.2. The SMILES string of the molecule is CC1CCCC(CNCc2cccc(F)c2)(N(C)C)C1. The summed E-state index contributed by atoms with van der Waals surface area (Å²) in [6.45, 7) is 4.06. The maximum absolute atomic E-state index is 13.2. The van der Waals surface area contributed by atoms with Crippen molar-refractivity contribution in [1.29, 1.82) is 0 Å². The van der Waals surface area contributed by atoms with E-state index in [1.165, 1.54) is 31.7 Å². The molecule has 0 heterocycles. The standard InChI is InChI=1S/C17H27FN2/c1-14-6-5-9-17(11-14,20(2)3)13-19-12-15-7-4-8-16(18)10-15/h4,7-8,10,14,19H,5-6,9,11-13H2,1-3H3. The summed E-state index contributed by atoms with van der Waals surface area (Å²) in [7, 11) is 4.36. The zero-order valence-corrected chi connectivity index (χ0v) is 13.0. The number of nitrogens with one attached hydrogen (secondary N) is 1. The molecule has 0 aliphatic heterocycles. The van der Waals surface area contributed by atoms with E-state index in [0.717, 1.165) is 24.6 Å². The molecule has 2 unspecified atom stereocenters. The van der Waals surface area contributed by atoms with Crippen LogP contribution in [0.5, 0.6) is 0 Å². The van der Waals surface area contributed by atoms with Crippen molar-refractivity contribution in [2.45, 2.75) is 44.7 Å². The van der Waals surface area contributed by atoms with E-state index in [0.29, 0.717) is 0 Å². The predicted octanol–water partition coefficient (Wildman–Crippen LogP) is 3.43. The average molecular weight is 278 g/mol. The van der Waals surface area contributed by atoms with Gasteiger partial charge in [-0.1, -0.05) is 31.9 Å². The Hall–Kier alpha value is -0.930. The highest BCUT2D eigenvalue weighted by molar-refractivity contribution is 5.16. The Bertz CT molecular complexity index is 433. The quantitative estimate of drug-likeness (QED) is 0.887. The molecule has 1 aliphatic rings. The van der Waals surface area contributed by atoms with Gasteiger partial charge in [0.05, 0.1) is 0 Å². The van der Waals surface area contributed by atoms with Crippen LogP contribution in [0.2, 0.25) is 0 Å². The lowest BCUT2D eigenvalue weighted by atomic mass is 9.75. The zero-order valence-electron chi connectivity index (χ0n) is 13.0. The fourth-order valence-electron chi connectivity index (χ4n) is 3.44. The minimum atomic E-state index is -0.155. The van der Waals surface area contributed by atoms with E-state index >= 15 is 0 Å². The predicted molar refractivity (Wildman–Crippen MR) is 82.2 cm³/mol. The summed E-state index contributed by atoms with van der Waals surface area (Å²) in [6.07, 6.45) is 5.15. The number of benzene rings is 1. The Labute approximate surface area is 122 Å². The van der Waals surface area contributed by atoms with Gasteiger partial charge in [-0.05, 0) is 50.6 Å². The van der Waals surface area contributed by atoms with Crippen LogP contribution in [0.25, 0.3) is 0 Å². The molecule has 0 aromatic heterocycles. The lowest BCUT2D eigenvalue weighted by Crippen LogP contribution is -2.54. The second kappa shape index (κ2) is 6.68. The van der Waals surface area contributed by atoms with E-state index in [1.807, 2.05) is 6.07 Å². The average Bonchev–Trinajstić information content (AvgIpc) is 2.38. The third-order valence-corrected chi connectivity index (χ3v) is 4.69. The molecule has 2 atom stereocenters. The van der Waals surface area contributed by atoms with Gasteiger partial charge < -0.3 is 10.2 Å². The van der Waals surface area contributed by atoms with Crippen molar-refractivity contribution in [3.05, 3.63) is 35.6 Å². The van der Waals surface area contributed by atoms with E-state index in [1.54, 1.807) is 12.1 Å². The molecular formula is C17H27FN2. The normalized spacial score (nSPS) is 26.9. The Balaban J connectivity index is 1.93. The van der Waals surface area contributed by atoms with Gasteiger partial charge in [0, 0.05) is 18.6 Å². The Morgan fingerprint density at radius 2 is 2.20 bits per heavy atom. The van der Waals surface area contributed by atoms with Gasteiger partial charge >= 0.3 is 0 Å². The van der Waals surface area contributed by atoms with E-state index in [2.05, 4.69) is 31.2 Å². The highest BCUT2D eigenvalue weighted by Gasteiger charge is 2.36. The molecule has 2 rings (SSSR count). The summed E-state index contributed by atoms with van der Waals surface area (Å²) >= 11 is 0. The molecule has 3 heteroatoms. The summed E-state index contributed by atoms with van der Waals surface area (Å²) in [4.78, 5) is 2.38.